The van der Waals surface area contributed by atoms with E-state index in [4.69, 9.17) is 0 Å². The molecule has 2 fully saturated rings. The van der Waals surface area contributed by atoms with Crippen LogP contribution in [0.3, 0.4) is 0 Å². The van der Waals surface area contributed by atoms with Gasteiger partial charge in [-0.15, -0.1) is 0 Å². The Morgan fingerprint density at radius 2 is 1.71 bits per heavy atom. The number of sulfonamides is 1. The number of fused-ring (bicyclic) bond motifs is 1. The molecule has 1 saturated carbocycles. The molecule has 2 rings (SSSR count). The molecule has 2 atom stereocenters. The molecule has 1 aliphatic carbocycles. The van der Waals surface area contributed by atoms with Gasteiger partial charge >= 0.3 is 15.5 Å². The fraction of sp³-hybridized carbons (Fsp3) is 1.00. The zero-order valence-corrected chi connectivity index (χ0v) is 7.82. The molecule has 0 radical (unpaired) electrons. The third-order valence-electron chi connectivity index (χ3n) is 2.69. The molecular formula is C6H9F3N2O2S. The van der Waals surface area contributed by atoms with E-state index in [2.05, 4.69) is 5.32 Å². The van der Waals surface area contributed by atoms with E-state index in [9.17, 15) is 21.6 Å². The lowest BCUT2D eigenvalue weighted by Gasteiger charge is -2.10. The van der Waals surface area contributed by atoms with Gasteiger partial charge in [-0.25, -0.2) is 13.1 Å². The van der Waals surface area contributed by atoms with E-state index in [-0.39, 0.29) is 11.8 Å². The summed E-state index contributed by atoms with van der Waals surface area (Å²) in [4.78, 5) is 0. The third-order valence-corrected chi connectivity index (χ3v) is 3.88. The Morgan fingerprint density at radius 1 is 1.21 bits per heavy atom. The van der Waals surface area contributed by atoms with Crippen molar-refractivity contribution in [3.63, 3.8) is 0 Å². The maximum atomic E-state index is 11.9. The number of alkyl halides is 3. The number of hydrogen-bond acceptors (Lipinski definition) is 3. The number of rotatable bonds is 2. The number of piperidine rings is 1. The summed E-state index contributed by atoms with van der Waals surface area (Å²) >= 11 is 0. The van der Waals surface area contributed by atoms with Crippen LogP contribution in [0, 0.1) is 11.8 Å². The molecule has 14 heavy (non-hydrogen) atoms. The summed E-state index contributed by atoms with van der Waals surface area (Å²) < 4.78 is 58.8. The molecule has 0 aromatic rings. The summed E-state index contributed by atoms with van der Waals surface area (Å²) in [5.41, 5.74) is -5.20. The van der Waals surface area contributed by atoms with E-state index in [0.29, 0.717) is 13.1 Å². The largest absolute Gasteiger partial charge is 0.511 e. The average Bonchev–Trinajstić information content (AvgIpc) is 2.50. The molecule has 0 bridgehead atoms. The number of hydrogen-bond donors (Lipinski definition) is 2. The molecule has 2 aliphatic rings. The van der Waals surface area contributed by atoms with Gasteiger partial charge in [0.15, 0.2) is 0 Å². The first kappa shape index (κ1) is 10.2. The predicted molar refractivity (Wildman–Crippen MR) is 41.7 cm³/mol. The molecule has 0 spiro atoms. The highest BCUT2D eigenvalue weighted by atomic mass is 32.2. The zero-order valence-electron chi connectivity index (χ0n) is 7.00. The van der Waals surface area contributed by atoms with Crippen LogP contribution in [0.5, 0.6) is 0 Å². The first-order valence-electron chi connectivity index (χ1n) is 4.12. The second-order valence-electron chi connectivity index (χ2n) is 3.58. The molecule has 4 nitrogen and oxygen atoms in total. The van der Waals surface area contributed by atoms with Gasteiger partial charge in [0, 0.05) is 6.04 Å². The van der Waals surface area contributed by atoms with Crippen molar-refractivity contribution in [3.8, 4) is 0 Å². The minimum absolute atomic E-state index is 0.0344. The van der Waals surface area contributed by atoms with E-state index < -0.39 is 21.6 Å². The maximum absolute atomic E-state index is 11.9. The van der Waals surface area contributed by atoms with Crippen molar-refractivity contribution in [1.82, 2.24) is 10.0 Å². The zero-order chi connectivity index (χ0) is 10.6. The highest BCUT2D eigenvalue weighted by molar-refractivity contribution is 7.90. The van der Waals surface area contributed by atoms with Crippen LogP contribution in [0.25, 0.3) is 0 Å². The summed E-state index contributed by atoms with van der Waals surface area (Å²) in [6, 6.07) is -0.525. The topological polar surface area (TPSA) is 58.2 Å². The average molecular weight is 230 g/mol. The minimum atomic E-state index is -5.20. The van der Waals surface area contributed by atoms with Crippen molar-refractivity contribution >= 4 is 10.0 Å². The maximum Gasteiger partial charge on any atom is 0.511 e. The van der Waals surface area contributed by atoms with Crippen molar-refractivity contribution in [2.24, 2.45) is 11.8 Å². The van der Waals surface area contributed by atoms with Gasteiger partial charge in [-0.1, -0.05) is 0 Å². The van der Waals surface area contributed by atoms with Crippen molar-refractivity contribution in [1.29, 1.82) is 0 Å². The van der Waals surface area contributed by atoms with Crippen LogP contribution in [0.2, 0.25) is 0 Å². The molecule has 2 unspecified atom stereocenters. The van der Waals surface area contributed by atoms with E-state index >= 15 is 0 Å². The van der Waals surface area contributed by atoms with E-state index in [0.717, 1.165) is 0 Å². The summed E-state index contributed by atoms with van der Waals surface area (Å²) in [5, 5.41) is 2.96. The molecular weight excluding hydrogens is 221 g/mol. The summed E-state index contributed by atoms with van der Waals surface area (Å²) in [6.07, 6.45) is 0. The Kier molecular flexibility index (Phi) is 2.06. The second-order valence-corrected chi connectivity index (χ2v) is 5.28. The van der Waals surface area contributed by atoms with E-state index in [1.807, 2.05) is 0 Å². The standard InChI is InChI=1S/C6H9F3N2O2S/c7-6(8,9)14(12,13)11-5-3-1-10-2-4(3)5/h3-5,10-11H,1-2H2. The first-order valence-corrected chi connectivity index (χ1v) is 5.60. The first-order chi connectivity index (χ1) is 6.33. The van der Waals surface area contributed by atoms with E-state index in [1.165, 1.54) is 0 Å². The molecule has 0 amide bonds. The Morgan fingerprint density at radius 3 is 2.14 bits per heavy atom. The normalized spacial score (nSPS) is 36.9. The highest BCUT2D eigenvalue weighted by Gasteiger charge is 2.58. The molecule has 1 heterocycles. The minimum Gasteiger partial charge on any atom is -0.316 e. The fourth-order valence-corrected chi connectivity index (χ4v) is 2.68. The summed E-state index contributed by atoms with van der Waals surface area (Å²) in [7, 11) is -5.15. The molecule has 1 saturated heterocycles. The fourth-order valence-electron chi connectivity index (χ4n) is 1.84. The Hall–Kier alpha value is -0.340. The van der Waals surface area contributed by atoms with Crippen LogP contribution >= 0.6 is 0 Å². The lowest BCUT2D eigenvalue weighted by molar-refractivity contribution is -0.0449. The molecule has 8 heteroatoms. The number of halogens is 3. The molecule has 1 aliphatic heterocycles. The quantitative estimate of drug-likeness (QED) is 0.681. The van der Waals surface area contributed by atoms with Crippen LogP contribution in [0.1, 0.15) is 0 Å². The highest BCUT2D eigenvalue weighted by Crippen LogP contribution is 2.43. The Bertz CT molecular complexity index is 329. The van der Waals surface area contributed by atoms with Crippen molar-refractivity contribution in [2.75, 3.05) is 13.1 Å². The molecule has 0 aromatic carbocycles. The smallest absolute Gasteiger partial charge is 0.316 e. The van der Waals surface area contributed by atoms with Crippen molar-refractivity contribution in [3.05, 3.63) is 0 Å². The lowest BCUT2D eigenvalue weighted by atomic mass is 10.4. The lowest BCUT2D eigenvalue weighted by Crippen LogP contribution is -2.40. The van der Waals surface area contributed by atoms with Crippen molar-refractivity contribution in [2.45, 2.75) is 11.6 Å². The summed E-state index contributed by atoms with van der Waals surface area (Å²) in [6.45, 7) is 1.19. The number of nitrogens with one attached hydrogen (secondary N) is 2. The SMILES string of the molecule is O=S(=O)(NC1C2CNCC21)C(F)(F)F. The van der Waals surface area contributed by atoms with E-state index in [1.54, 1.807) is 4.72 Å². The summed E-state index contributed by atoms with van der Waals surface area (Å²) in [5.74, 6) is 0.0687. The van der Waals surface area contributed by atoms with Gasteiger partial charge in [-0.2, -0.15) is 13.2 Å². The van der Waals surface area contributed by atoms with Gasteiger partial charge in [-0.05, 0) is 24.9 Å². The van der Waals surface area contributed by atoms with Crippen LogP contribution in [-0.2, 0) is 10.0 Å². The van der Waals surface area contributed by atoms with Gasteiger partial charge in [-0.3, -0.25) is 0 Å². The van der Waals surface area contributed by atoms with Gasteiger partial charge in [0.25, 0.3) is 0 Å². The third kappa shape index (κ3) is 1.51. The Labute approximate surface area is 78.9 Å². The monoisotopic (exact) mass is 230 g/mol. The van der Waals surface area contributed by atoms with Gasteiger partial charge in [0.2, 0.25) is 0 Å². The van der Waals surface area contributed by atoms with Crippen LogP contribution in [0.4, 0.5) is 13.2 Å². The molecule has 0 aromatic heterocycles. The second kappa shape index (κ2) is 2.83. The van der Waals surface area contributed by atoms with Gasteiger partial charge in [0.05, 0.1) is 0 Å². The Balaban J connectivity index is 2.00. The molecule has 2 N–H and O–H groups in total. The van der Waals surface area contributed by atoms with Gasteiger partial charge < -0.3 is 5.32 Å². The molecule has 82 valence electrons. The van der Waals surface area contributed by atoms with Crippen molar-refractivity contribution < 1.29 is 21.6 Å². The van der Waals surface area contributed by atoms with Gasteiger partial charge in [0.1, 0.15) is 0 Å². The van der Waals surface area contributed by atoms with Crippen LogP contribution < -0.4 is 10.0 Å². The predicted octanol–water partition coefficient (Wildman–Crippen LogP) is -0.357. The van der Waals surface area contributed by atoms with Crippen LogP contribution in [-0.4, -0.2) is 33.1 Å². The van der Waals surface area contributed by atoms with Crippen LogP contribution in [0.15, 0.2) is 0 Å².